The molecule has 20 heteroatoms. The number of nitrogens with one attached hydrogen (secondary N) is 4. The number of non-ortho nitro benzene ring substituents is 2. The maximum absolute atomic E-state index is 12.8. The van der Waals surface area contributed by atoms with Crippen LogP contribution in [0.25, 0.3) is 0 Å². The minimum Gasteiger partial charge on any atom is -0.467 e. The van der Waals surface area contributed by atoms with Gasteiger partial charge in [0.1, 0.15) is 21.5 Å². The zero-order valence-corrected chi connectivity index (χ0v) is 35.6. The van der Waals surface area contributed by atoms with E-state index in [-0.39, 0.29) is 47.4 Å². The first-order valence-corrected chi connectivity index (χ1v) is 21.1. The largest absolute Gasteiger partial charge is 0.467 e. The van der Waals surface area contributed by atoms with Crippen molar-refractivity contribution in [3.05, 3.63) is 160 Å². The van der Waals surface area contributed by atoms with Crippen LogP contribution >= 0.6 is 22.7 Å². The Hall–Kier alpha value is -7.45. The lowest BCUT2D eigenvalue weighted by atomic mass is 10.1. The minimum absolute atomic E-state index is 0.0883. The number of hydrogen-bond acceptors (Lipinski definition) is 13. The van der Waals surface area contributed by atoms with Crippen molar-refractivity contribution in [1.82, 2.24) is 15.5 Å². The molecule has 63 heavy (non-hydrogen) atoms. The number of anilines is 2. The van der Waals surface area contributed by atoms with Crippen LogP contribution < -0.4 is 21.3 Å². The molecule has 2 aliphatic carbocycles. The molecule has 0 bridgehead atoms. The van der Waals surface area contributed by atoms with E-state index >= 15 is 0 Å². The van der Waals surface area contributed by atoms with Gasteiger partial charge in [0.25, 0.3) is 35.0 Å². The first-order valence-electron chi connectivity index (χ1n) is 19.5. The van der Waals surface area contributed by atoms with Gasteiger partial charge in [-0.2, -0.15) is 0 Å². The number of nitro groups is 2. The molecule has 0 atom stereocenters. The van der Waals surface area contributed by atoms with Crippen molar-refractivity contribution < 1.29 is 42.7 Å². The van der Waals surface area contributed by atoms with Gasteiger partial charge in [0.2, 0.25) is 6.41 Å². The van der Waals surface area contributed by atoms with Crippen LogP contribution in [-0.2, 0) is 43.6 Å². The number of benzene rings is 2. The summed E-state index contributed by atoms with van der Waals surface area (Å²) in [6, 6.07) is 17.7. The van der Waals surface area contributed by atoms with Gasteiger partial charge in [-0.05, 0) is 98.2 Å². The molecule has 2 aromatic carbocycles. The first-order chi connectivity index (χ1) is 30.3. The van der Waals surface area contributed by atoms with Crippen LogP contribution in [0.15, 0.2) is 94.2 Å². The predicted octanol–water partition coefficient (Wildman–Crippen LogP) is 7.55. The Morgan fingerprint density at radius 1 is 0.635 bits per heavy atom. The number of rotatable bonds is 13. The van der Waals surface area contributed by atoms with Crippen LogP contribution in [0.3, 0.4) is 0 Å². The number of furan rings is 2. The monoisotopic (exact) mass is 895 g/mol. The quantitative estimate of drug-likeness (QED) is 0.0501. The summed E-state index contributed by atoms with van der Waals surface area (Å²) in [6.07, 6.45) is 9.15. The molecule has 4 heterocycles. The van der Waals surface area contributed by atoms with E-state index in [2.05, 4.69) is 21.3 Å². The van der Waals surface area contributed by atoms with Crippen molar-refractivity contribution in [3.63, 3.8) is 0 Å². The number of nitro benzene ring substituents is 2. The molecule has 326 valence electrons. The summed E-state index contributed by atoms with van der Waals surface area (Å²) >= 11 is 2.81. The average Bonchev–Trinajstić information content (AvgIpc) is 4.14. The molecule has 4 N–H and O–H groups in total. The lowest BCUT2D eigenvalue weighted by molar-refractivity contribution is -0.385. The van der Waals surface area contributed by atoms with Gasteiger partial charge in [-0.25, -0.2) is 0 Å². The summed E-state index contributed by atoms with van der Waals surface area (Å²) in [7, 11) is 3.38. The van der Waals surface area contributed by atoms with Crippen LogP contribution in [-0.4, -0.2) is 58.9 Å². The summed E-state index contributed by atoms with van der Waals surface area (Å²) in [6.45, 7) is 0.512. The highest BCUT2D eigenvalue weighted by molar-refractivity contribution is 7.17. The summed E-state index contributed by atoms with van der Waals surface area (Å²) in [4.78, 5) is 84.5. The molecule has 0 unspecified atom stereocenters. The van der Waals surface area contributed by atoms with Crippen molar-refractivity contribution in [2.75, 3.05) is 24.7 Å². The van der Waals surface area contributed by atoms with Crippen LogP contribution in [0.1, 0.15) is 86.7 Å². The van der Waals surface area contributed by atoms with Crippen molar-refractivity contribution in [2.24, 2.45) is 0 Å². The highest BCUT2D eigenvalue weighted by Gasteiger charge is 2.29. The second-order valence-electron chi connectivity index (χ2n) is 14.2. The van der Waals surface area contributed by atoms with Gasteiger partial charge >= 0.3 is 0 Å². The maximum atomic E-state index is 12.8. The van der Waals surface area contributed by atoms with Gasteiger partial charge in [-0.1, -0.05) is 0 Å². The van der Waals surface area contributed by atoms with Crippen LogP contribution in [0.5, 0.6) is 0 Å². The Morgan fingerprint density at radius 2 is 1.02 bits per heavy atom. The van der Waals surface area contributed by atoms with Gasteiger partial charge in [0, 0.05) is 59.2 Å². The van der Waals surface area contributed by atoms with Crippen molar-refractivity contribution >= 4 is 74.1 Å². The van der Waals surface area contributed by atoms with E-state index < -0.39 is 21.7 Å². The molecule has 18 nitrogen and oxygen atoms in total. The molecular weight excluding hydrogens is 855 g/mol. The Labute approximate surface area is 367 Å². The van der Waals surface area contributed by atoms with E-state index in [4.69, 9.17) is 8.83 Å². The molecule has 2 aliphatic rings. The zero-order valence-electron chi connectivity index (χ0n) is 34.0. The Bertz CT molecular complexity index is 2430. The van der Waals surface area contributed by atoms with Gasteiger partial charge < -0.3 is 35.0 Å². The van der Waals surface area contributed by atoms with E-state index in [1.165, 1.54) is 76.1 Å². The molecule has 8 rings (SSSR count). The first kappa shape index (κ1) is 45.1. The number of fused-ring (bicyclic) bond motifs is 2. The smallest absolute Gasteiger partial charge is 0.269 e. The normalized spacial score (nSPS) is 12.0. The fourth-order valence-electron chi connectivity index (χ4n) is 6.62. The van der Waals surface area contributed by atoms with Gasteiger partial charge in [0.05, 0.1) is 46.6 Å². The number of hydrogen-bond donors (Lipinski definition) is 4. The van der Waals surface area contributed by atoms with Crippen molar-refractivity contribution in [3.8, 4) is 0 Å². The number of carbonyl (C=O) groups is 5. The SMILES string of the molecule is CN(C)C=O.O=C(Nc1sc2c(c1C(=O)NCc1ccco1)CCC2)c1ccc([N+](=O)[O-])cc1.O=C(Nc1sc2c(c1C(=O)NCc1ccco1)CCC2)c1ccc([N+](=O)[O-])cc1. The van der Waals surface area contributed by atoms with Crippen molar-refractivity contribution in [1.29, 1.82) is 0 Å². The van der Waals surface area contributed by atoms with Crippen LogP contribution in [0.4, 0.5) is 21.4 Å². The van der Waals surface area contributed by atoms with E-state index in [1.807, 2.05) is 0 Å². The predicted molar refractivity (Wildman–Crippen MR) is 234 cm³/mol. The highest BCUT2D eigenvalue weighted by Crippen LogP contribution is 2.40. The molecule has 0 radical (unpaired) electrons. The molecular formula is C43H41N7O11S2. The van der Waals surface area contributed by atoms with Gasteiger partial charge in [-0.15, -0.1) is 22.7 Å². The van der Waals surface area contributed by atoms with Crippen molar-refractivity contribution in [2.45, 2.75) is 51.6 Å². The van der Waals surface area contributed by atoms with Crippen LogP contribution in [0, 0.1) is 20.2 Å². The minimum atomic E-state index is -0.521. The lowest BCUT2D eigenvalue weighted by Gasteiger charge is -2.09. The molecule has 4 aromatic heterocycles. The lowest BCUT2D eigenvalue weighted by Crippen LogP contribution is -2.24. The maximum Gasteiger partial charge on any atom is 0.269 e. The molecule has 0 saturated heterocycles. The third-order valence-corrected chi connectivity index (χ3v) is 12.1. The number of aryl methyl sites for hydroxylation is 2. The third kappa shape index (κ3) is 11.5. The van der Waals surface area contributed by atoms with E-state index in [9.17, 15) is 44.2 Å². The number of carbonyl (C=O) groups excluding carboxylic acids is 5. The van der Waals surface area contributed by atoms with Gasteiger partial charge in [-0.3, -0.25) is 44.2 Å². The van der Waals surface area contributed by atoms with E-state index in [0.717, 1.165) is 65.8 Å². The average molecular weight is 896 g/mol. The summed E-state index contributed by atoms with van der Waals surface area (Å²) in [5.41, 5.74) is 3.33. The van der Waals surface area contributed by atoms with E-state index in [1.54, 1.807) is 50.9 Å². The topological polar surface area (TPSA) is 249 Å². The fourth-order valence-corrected chi connectivity index (χ4v) is 9.19. The van der Waals surface area contributed by atoms with Crippen LogP contribution in [0.2, 0.25) is 0 Å². The fraction of sp³-hybridized carbons (Fsp3) is 0.233. The number of thiophene rings is 2. The Morgan fingerprint density at radius 3 is 1.33 bits per heavy atom. The Kier molecular flexibility index (Phi) is 14.9. The standard InChI is InChI=1S/2C20H17N3O5S.C3H7NO/c2*24-18(12-6-8-13(9-7-12)23(26)27)22-20-17(15-4-1-5-16(15)29-20)19(25)21-11-14-3-2-10-28-14;1-4(2)3-5/h2*2-3,6-10H,1,4-5,11H2,(H,21,25)(H,22,24);3H,1-2H3. The number of nitrogens with zero attached hydrogens (tertiary/aromatic N) is 3. The molecule has 0 saturated carbocycles. The second-order valence-corrected chi connectivity index (χ2v) is 16.4. The molecule has 0 spiro atoms. The Balaban J connectivity index is 0.000000190. The second kappa shape index (κ2) is 20.9. The molecule has 0 fully saturated rings. The van der Waals surface area contributed by atoms with Gasteiger partial charge in [0.15, 0.2) is 0 Å². The third-order valence-electron chi connectivity index (χ3n) is 9.65. The number of amides is 5. The highest BCUT2D eigenvalue weighted by atomic mass is 32.1. The van der Waals surface area contributed by atoms with E-state index in [0.29, 0.717) is 32.6 Å². The zero-order chi connectivity index (χ0) is 45.0. The summed E-state index contributed by atoms with van der Waals surface area (Å²) < 4.78 is 10.5. The summed E-state index contributed by atoms with van der Waals surface area (Å²) in [5, 5.41) is 33.8. The molecule has 6 aromatic rings. The molecule has 0 aliphatic heterocycles. The summed E-state index contributed by atoms with van der Waals surface area (Å²) in [5.74, 6) is -0.0807. The molecule has 5 amide bonds.